The van der Waals surface area contributed by atoms with Gasteiger partial charge >= 0.3 is 0 Å². The number of aryl methyl sites for hydroxylation is 1. The Balaban J connectivity index is 2.25. The van der Waals surface area contributed by atoms with E-state index < -0.39 is 0 Å². The van der Waals surface area contributed by atoms with Gasteiger partial charge in [-0.05, 0) is 40.5 Å². The molecule has 4 nitrogen and oxygen atoms in total. The highest BCUT2D eigenvalue weighted by Crippen LogP contribution is 2.29. The molecule has 2 aromatic rings. The van der Waals surface area contributed by atoms with Crippen molar-refractivity contribution in [2.75, 3.05) is 5.32 Å². The van der Waals surface area contributed by atoms with Gasteiger partial charge in [-0.2, -0.15) is 0 Å². The van der Waals surface area contributed by atoms with Crippen LogP contribution in [0.5, 0.6) is 0 Å². The summed E-state index contributed by atoms with van der Waals surface area (Å²) in [5.74, 6) is -0.281. The largest absolute Gasteiger partial charge is 0.321 e. The summed E-state index contributed by atoms with van der Waals surface area (Å²) in [5, 5.41) is 3.34. The predicted octanol–water partition coefficient (Wildman–Crippen LogP) is 3.45. The predicted molar refractivity (Wildman–Crippen MR) is 73.9 cm³/mol. The highest BCUT2D eigenvalue weighted by Gasteiger charge is 2.10. The number of aromatic nitrogens is 2. The Morgan fingerprint density at radius 3 is 2.67 bits per heavy atom. The summed E-state index contributed by atoms with van der Waals surface area (Å²) in [4.78, 5) is 19.5. The fraction of sp³-hybridized carbons (Fsp3) is 0.0833. The van der Waals surface area contributed by atoms with E-state index in [0.29, 0.717) is 16.3 Å². The van der Waals surface area contributed by atoms with E-state index in [0.717, 1.165) is 10.0 Å². The second kappa shape index (κ2) is 5.46. The van der Waals surface area contributed by atoms with Crippen LogP contribution in [0.1, 0.15) is 15.9 Å². The van der Waals surface area contributed by atoms with Crippen molar-refractivity contribution in [3.8, 4) is 0 Å². The van der Waals surface area contributed by atoms with Gasteiger partial charge in [-0.3, -0.25) is 4.79 Å². The van der Waals surface area contributed by atoms with Crippen LogP contribution in [0.4, 0.5) is 5.69 Å². The first-order valence-corrected chi connectivity index (χ1v) is 6.27. The molecule has 0 saturated heterocycles. The summed E-state index contributed by atoms with van der Waals surface area (Å²) in [5.41, 5.74) is 1.94. The normalized spacial score (nSPS) is 10.2. The molecule has 0 aliphatic carbocycles. The van der Waals surface area contributed by atoms with Gasteiger partial charge in [-0.1, -0.05) is 11.6 Å². The summed E-state index contributed by atoms with van der Waals surface area (Å²) >= 11 is 9.40. The Hall–Kier alpha value is -1.46. The molecule has 0 unspecified atom stereocenters. The number of nitrogens with one attached hydrogen (secondary N) is 1. The average molecular weight is 327 g/mol. The van der Waals surface area contributed by atoms with Crippen LogP contribution in [0.3, 0.4) is 0 Å². The van der Waals surface area contributed by atoms with Crippen LogP contribution in [0.25, 0.3) is 0 Å². The molecule has 0 spiro atoms. The van der Waals surface area contributed by atoms with Gasteiger partial charge in [0, 0.05) is 21.9 Å². The van der Waals surface area contributed by atoms with E-state index in [1.54, 1.807) is 6.07 Å². The summed E-state index contributed by atoms with van der Waals surface area (Å²) in [6, 6.07) is 3.54. The Morgan fingerprint density at radius 1 is 1.33 bits per heavy atom. The van der Waals surface area contributed by atoms with E-state index in [1.165, 1.54) is 18.7 Å². The molecule has 1 aromatic heterocycles. The third-order valence-corrected chi connectivity index (χ3v) is 3.38. The van der Waals surface area contributed by atoms with E-state index in [9.17, 15) is 4.79 Å². The Bertz CT molecular complexity index is 589. The second-order valence-electron chi connectivity index (χ2n) is 3.66. The zero-order valence-corrected chi connectivity index (χ0v) is 11.8. The molecule has 6 heteroatoms. The van der Waals surface area contributed by atoms with E-state index in [-0.39, 0.29) is 5.91 Å². The zero-order valence-electron chi connectivity index (χ0n) is 9.45. The molecule has 1 N–H and O–H groups in total. The first-order valence-electron chi connectivity index (χ1n) is 5.10. The van der Waals surface area contributed by atoms with Gasteiger partial charge in [0.2, 0.25) is 0 Å². The highest BCUT2D eigenvalue weighted by atomic mass is 79.9. The van der Waals surface area contributed by atoms with E-state index in [1.807, 2.05) is 13.0 Å². The summed E-state index contributed by atoms with van der Waals surface area (Å²) < 4.78 is 0.773. The minimum atomic E-state index is -0.281. The third kappa shape index (κ3) is 2.86. The van der Waals surface area contributed by atoms with Gasteiger partial charge in [0.25, 0.3) is 5.91 Å². The Labute approximate surface area is 118 Å². The lowest BCUT2D eigenvalue weighted by Gasteiger charge is -2.09. The SMILES string of the molecule is Cc1cc(Br)c(NC(=O)c2cncnc2)cc1Cl. The first kappa shape index (κ1) is 13.0. The standard InChI is InChI=1S/C12H9BrClN3O/c1-7-2-9(13)11(3-10(7)14)17-12(18)8-4-15-6-16-5-8/h2-6H,1H3,(H,17,18). The molecule has 0 aliphatic rings. The molecule has 0 bridgehead atoms. The highest BCUT2D eigenvalue weighted by molar-refractivity contribution is 9.10. The summed E-state index contributed by atoms with van der Waals surface area (Å²) in [7, 11) is 0. The molecular formula is C12H9BrClN3O. The van der Waals surface area contributed by atoms with Crippen molar-refractivity contribution in [1.82, 2.24) is 9.97 Å². The summed E-state index contributed by atoms with van der Waals surface area (Å²) in [6.07, 6.45) is 4.27. The maximum Gasteiger partial charge on any atom is 0.258 e. The van der Waals surface area contributed by atoms with Gasteiger partial charge in [0.05, 0.1) is 11.3 Å². The lowest BCUT2D eigenvalue weighted by Crippen LogP contribution is -2.13. The maximum atomic E-state index is 11.9. The molecular weight excluding hydrogens is 318 g/mol. The van der Waals surface area contributed by atoms with Gasteiger partial charge in [0.1, 0.15) is 6.33 Å². The van der Waals surface area contributed by atoms with Crippen molar-refractivity contribution >= 4 is 39.1 Å². The van der Waals surface area contributed by atoms with Gasteiger partial charge < -0.3 is 5.32 Å². The number of hydrogen-bond donors (Lipinski definition) is 1. The van der Waals surface area contributed by atoms with Gasteiger partial charge in [-0.25, -0.2) is 9.97 Å². The monoisotopic (exact) mass is 325 g/mol. The Morgan fingerprint density at radius 2 is 2.00 bits per heavy atom. The molecule has 1 amide bonds. The van der Waals surface area contributed by atoms with Crippen LogP contribution < -0.4 is 5.32 Å². The third-order valence-electron chi connectivity index (χ3n) is 2.32. The van der Waals surface area contributed by atoms with Crippen molar-refractivity contribution in [2.45, 2.75) is 6.92 Å². The molecule has 0 radical (unpaired) electrons. The number of nitrogens with zero attached hydrogens (tertiary/aromatic N) is 2. The Kier molecular flexibility index (Phi) is 3.93. The summed E-state index contributed by atoms with van der Waals surface area (Å²) in [6.45, 7) is 1.89. The molecule has 0 fully saturated rings. The topological polar surface area (TPSA) is 54.9 Å². The van der Waals surface area contributed by atoms with Crippen LogP contribution in [-0.2, 0) is 0 Å². The number of amides is 1. The van der Waals surface area contributed by atoms with Crippen molar-refractivity contribution in [3.63, 3.8) is 0 Å². The van der Waals surface area contributed by atoms with Crippen LogP contribution in [0, 0.1) is 6.92 Å². The molecule has 0 saturated carbocycles. The number of rotatable bonds is 2. The van der Waals surface area contributed by atoms with Crippen molar-refractivity contribution in [3.05, 3.63) is 51.5 Å². The van der Waals surface area contributed by atoms with Crippen molar-refractivity contribution < 1.29 is 4.79 Å². The van der Waals surface area contributed by atoms with Gasteiger partial charge in [-0.15, -0.1) is 0 Å². The average Bonchev–Trinajstić information content (AvgIpc) is 2.37. The molecule has 0 atom stereocenters. The number of benzene rings is 1. The lowest BCUT2D eigenvalue weighted by atomic mass is 10.2. The smallest absolute Gasteiger partial charge is 0.258 e. The molecule has 1 heterocycles. The van der Waals surface area contributed by atoms with Crippen molar-refractivity contribution in [2.24, 2.45) is 0 Å². The van der Waals surface area contributed by atoms with Crippen LogP contribution in [0.15, 0.2) is 35.3 Å². The maximum absolute atomic E-state index is 11.9. The molecule has 0 aliphatic heterocycles. The minimum Gasteiger partial charge on any atom is -0.321 e. The first-order chi connectivity index (χ1) is 8.58. The van der Waals surface area contributed by atoms with Crippen LogP contribution in [-0.4, -0.2) is 15.9 Å². The lowest BCUT2D eigenvalue weighted by molar-refractivity contribution is 0.102. The number of carbonyl (C=O) groups is 1. The number of hydrogen-bond acceptors (Lipinski definition) is 3. The molecule has 18 heavy (non-hydrogen) atoms. The van der Waals surface area contributed by atoms with Crippen LogP contribution in [0.2, 0.25) is 5.02 Å². The quantitative estimate of drug-likeness (QED) is 0.919. The van der Waals surface area contributed by atoms with E-state index in [2.05, 4.69) is 31.2 Å². The minimum absolute atomic E-state index is 0.281. The fourth-order valence-corrected chi connectivity index (χ4v) is 2.07. The number of halogens is 2. The fourth-order valence-electron chi connectivity index (χ4n) is 1.35. The zero-order chi connectivity index (χ0) is 13.1. The molecule has 2 rings (SSSR count). The molecule has 92 valence electrons. The van der Waals surface area contributed by atoms with Crippen LogP contribution >= 0.6 is 27.5 Å². The van der Waals surface area contributed by atoms with Crippen molar-refractivity contribution in [1.29, 1.82) is 0 Å². The number of anilines is 1. The number of carbonyl (C=O) groups excluding carboxylic acids is 1. The van der Waals surface area contributed by atoms with E-state index >= 15 is 0 Å². The molecule has 1 aromatic carbocycles. The van der Waals surface area contributed by atoms with E-state index in [4.69, 9.17) is 11.6 Å². The second-order valence-corrected chi connectivity index (χ2v) is 4.92. The van der Waals surface area contributed by atoms with Gasteiger partial charge in [0.15, 0.2) is 0 Å².